The Morgan fingerprint density at radius 1 is 1.42 bits per heavy atom. The van der Waals surface area contributed by atoms with E-state index in [2.05, 4.69) is 9.71 Å². The van der Waals surface area contributed by atoms with Crippen LogP contribution in [0.4, 0.5) is 0 Å². The third kappa shape index (κ3) is 3.73. The maximum atomic E-state index is 12.6. The molecule has 0 aliphatic carbocycles. The lowest BCUT2D eigenvalue weighted by atomic mass is 10.1. The highest BCUT2D eigenvalue weighted by atomic mass is 32.2. The van der Waals surface area contributed by atoms with E-state index in [1.165, 1.54) is 20.2 Å². The number of nitrogens with one attached hydrogen (secondary N) is 1. The molecule has 1 aromatic carbocycles. The molecule has 140 valence electrons. The summed E-state index contributed by atoms with van der Waals surface area (Å²) < 4.78 is 40.2. The minimum Gasteiger partial charge on any atom is -0.496 e. The molecule has 8 nitrogen and oxygen atoms in total. The Kier molecular flexibility index (Phi) is 5.28. The number of likely N-dealkylation sites (N-methyl/N-ethyl adjacent to an activating group) is 1. The number of carbonyl (C=O) groups excluding carboxylic acids is 1. The van der Waals surface area contributed by atoms with E-state index in [1.54, 1.807) is 24.3 Å². The number of amides is 1. The van der Waals surface area contributed by atoms with Gasteiger partial charge >= 0.3 is 10.2 Å². The zero-order valence-corrected chi connectivity index (χ0v) is 15.5. The minimum atomic E-state index is -4.01. The van der Waals surface area contributed by atoms with Gasteiger partial charge in [-0.2, -0.15) is 8.42 Å². The van der Waals surface area contributed by atoms with Crippen LogP contribution in [0.25, 0.3) is 0 Å². The number of rotatable bonds is 5. The number of allylic oxidation sites excluding steroid dienone is 1. The summed E-state index contributed by atoms with van der Waals surface area (Å²) in [7, 11) is -1.22. The van der Waals surface area contributed by atoms with Gasteiger partial charge in [0.2, 0.25) is 0 Å². The smallest absolute Gasteiger partial charge is 0.345 e. The van der Waals surface area contributed by atoms with Crippen LogP contribution in [0.15, 0.2) is 40.4 Å². The first kappa shape index (κ1) is 18.4. The third-order valence-corrected chi connectivity index (χ3v) is 5.62. The summed E-state index contributed by atoms with van der Waals surface area (Å²) in [6.45, 7) is 1.02. The van der Waals surface area contributed by atoms with Crippen LogP contribution in [0.5, 0.6) is 5.75 Å². The van der Waals surface area contributed by atoms with Crippen molar-refractivity contribution in [2.75, 3.05) is 27.3 Å². The van der Waals surface area contributed by atoms with Crippen LogP contribution in [-0.4, -0.2) is 57.8 Å². The van der Waals surface area contributed by atoms with Gasteiger partial charge in [-0.15, -0.1) is 4.40 Å². The Morgan fingerprint density at radius 3 is 2.88 bits per heavy atom. The SMILES string of the molecule is COc1ccccc1C1=NS(=O)(=O)N(C)C(C(=O)NCC2CCCO2)=C1. The second-order valence-corrected chi connectivity index (χ2v) is 7.62. The highest BCUT2D eigenvalue weighted by molar-refractivity contribution is 7.88. The number of hydrogen-bond acceptors (Lipinski definition) is 5. The van der Waals surface area contributed by atoms with Gasteiger partial charge in [0.1, 0.15) is 11.4 Å². The topological polar surface area (TPSA) is 97.3 Å². The largest absolute Gasteiger partial charge is 0.496 e. The van der Waals surface area contributed by atoms with Gasteiger partial charge < -0.3 is 14.8 Å². The zero-order valence-electron chi connectivity index (χ0n) is 14.6. The lowest BCUT2D eigenvalue weighted by Gasteiger charge is -2.24. The minimum absolute atomic E-state index is 0.00102. The van der Waals surface area contributed by atoms with Gasteiger partial charge in [-0.1, -0.05) is 12.1 Å². The fourth-order valence-corrected chi connectivity index (χ4v) is 3.76. The van der Waals surface area contributed by atoms with Gasteiger partial charge in [0, 0.05) is 25.8 Å². The number of methoxy groups -OCH3 is 1. The van der Waals surface area contributed by atoms with Crippen molar-refractivity contribution in [2.45, 2.75) is 18.9 Å². The molecule has 0 radical (unpaired) electrons. The molecule has 9 heteroatoms. The Bertz CT molecular complexity index is 857. The van der Waals surface area contributed by atoms with Crippen molar-refractivity contribution in [3.63, 3.8) is 0 Å². The van der Waals surface area contributed by atoms with Crippen molar-refractivity contribution in [2.24, 2.45) is 4.40 Å². The van der Waals surface area contributed by atoms with Crippen LogP contribution in [0, 0.1) is 0 Å². The van der Waals surface area contributed by atoms with Crippen LogP contribution in [0.1, 0.15) is 18.4 Å². The summed E-state index contributed by atoms with van der Waals surface area (Å²) >= 11 is 0. The van der Waals surface area contributed by atoms with E-state index in [1.807, 2.05) is 0 Å². The molecule has 1 saturated heterocycles. The Balaban J connectivity index is 1.89. The predicted octanol–water partition coefficient (Wildman–Crippen LogP) is 0.854. The van der Waals surface area contributed by atoms with Crippen molar-refractivity contribution in [1.29, 1.82) is 0 Å². The molecule has 0 aromatic heterocycles. The molecule has 2 heterocycles. The molecule has 1 fully saturated rings. The van der Waals surface area contributed by atoms with E-state index < -0.39 is 16.1 Å². The predicted molar refractivity (Wildman–Crippen MR) is 96.3 cm³/mol. The summed E-state index contributed by atoms with van der Waals surface area (Å²) in [6, 6.07) is 6.91. The quantitative estimate of drug-likeness (QED) is 0.818. The number of hydrogen-bond donors (Lipinski definition) is 1. The summed E-state index contributed by atoms with van der Waals surface area (Å²) in [5.41, 5.74) is 0.651. The van der Waals surface area contributed by atoms with Crippen molar-refractivity contribution in [1.82, 2.24) is 9.62 Å². The van der Waals surface area contributed by atoms with Crippen molar-refractivity contribution in [3.8, 4) is 5.75 Å². The average molecular weight is 379 g/mol. The second kappa shape index (κ2) is 7.46. The molecular formula is C17H21N3O5S. The molecule has 1 amide bonds. The maximum absolute atomic E-state index is 12.6. The lowest BCUT2D eigenvalue weighted by Crippen LogP contribution is -2.40. The summed E-state index contributed by atoms with van der Waals surface area (Å²) in [5, 5.41) is 2.74. The first-order valence-corrected chi connectivity index (χ1v) is 9.66. The Labute approximate surface area is 152 Å². The first-order chi connectivity index (χ1) is 12.4. The number of nitrogens with zero attached hydrogens (tertiary/aromatic N) is 2. The Morgan fingerprint density at radius 2 is 2.19 bits per heavy atom. The molecule has 1 unspecified atom stereocenters. The molecule has 3 rings (SSSR count). The van der Waals surface area contributed by atoms with E-state index in [4.69, 9.17) is 9.47 Å². The van der Waals surface area contributed by atoms with E-state index in [0.29, 0.717) is 24.5 Å². The molecule has 0 saturated carbocycles. The van der Waals surface area contributed by atoms with Gasteiger partial charge in [-0.3, -0.25) is 4.79 Å². The molecule has 1 aromatic rings. The highest BCUT2D eigenvalue weighted by Crippen LogP contribution is 2.25. The number of ether oxygens (including phenoxy) is 2. The second-order valence-electron chi connectivity index (χ2n) is 6.00. The molecule has 1 N–H and O–H groups in total. The summed E-state index contributed by atoms with van der Waals surface area (Å²) in [6.07, 6.45) is 3.25. The summed E-state index contributed by atoms with van der Waals surface area (Å²) in [4.78, 5) is 12.6. The van der Waals surface area contributed by atoms with Gasteiger partial charge in [-0.25, -0.2) is 4.31 Å². The van der Waals surface area contributed by atoms with Crippen LogP contribution in [0.3, 0.4) is 0 Å². The fraction of sp³-hybridized carbons (Fsp3) is 0.412. The molecule has 26 heavy (non-hydrogen) atoms. The average Bonchev–Trinajstić information content (AvgIpc) is 3.15. The van der Waals surface area contributed by atoms with Crippen LogP contribution >= 0.6 is 0 Å². The van der Waals surface area contributed by atoms with Gasteiger partial charge in [-0.05, 0) is 31.1 Å². The van der Waals surface area contributed by atoms with E-state index >= 15 is 0 Å². The number of para-hydroxylation sites is 1. The zero-order chi connectivity index (χ0) is 18.7. The highest BCUT2D eigenvalue weighted by Gasteiger charge is 2.31. The van der Waals surface area contributed by atoms with Crippen molar-refractivity contribution < 1.29 is 22.7 Å². The van der Waals surface area contributed by atoms with Crippen LogP contribution in [-0.2, 0) is 19.7 Å². The molecule has 0 spiro atoms. The molecular weight excluding hydrogens is 358 g/mol. The molecule has 2 aliphatic rings. The fourth-order valence-electron chi connectivity index (χ4n) is 2.85. The molecule has 1 atom stereocenters. The van der Waals surface area contributed by atoms with Gasteiger partial charge in [0.25, 0.3) is 5.91 Å². The van der Waals surface area contributed by atoms with Crippen molar-refractivity contribution >= 4 is 21.8 Å². The van der Waals surface area contributed by atoms with Crippen LogP contribution in [0.2, 0.25) is 0 Å². The normalized spacial score (nSPS) is 21.8. The van der Waals surface area contributed by atoms with Crippen molar-refractivity contribution in [3.05, 3.63) is 41.6 Å². The molecule has 0 bridgehead atoms. The first-order valence-electron chi connectivity index (χ1n) is 8.26. The van der Waals surface area contributed by atoms with Gasteiger partial charge in [0.15, 0.2) is 0 Å². The third-order valence-electron chi connectivity index (χ3n) is 4.30. The van der Waals surface area contributed by atoms with E-state index in [0.717, 1.165) is 17.1 Å². The van der Waals surface area contributed by atoms with E-state index in [9.17, 15) is 13.2 Å². The standard InChI is InChI=1S/C17H21N3O5S/c1-20-15(17(21)18-11-12-6-5-9-25-12)10-14(19-26(20,22)23)13-7-3-4-8-16(13)24-2/h3-4,7-8,10,12H,5-6,9,11H2,1-2H3,(H,18,21). The van der Waals surface area contributed by atoms with Gasteiger partial charge in [0.05, 0.1) is 18.9 Å². The summed E-state index contributed by atoms with van der Waals surface area (Å²) in [5.74, 6) is -0.0183. The molecule has 2 aliphatic heterocycles. The number of benzene rings is 1. The number of carbonyl (C=O) groups is 1. The Hall–Kier alpha value is -2.39. The van der Waals surface area contributed by atoms with E-state index in [-0.39, 0.29) is 17.5 Å². The maximum Gasteiger partial charge on any atom is 0.345 e. The monoisotopic (exact) mass is 379 g/mol. The van der Waals surface area contributed by atoms with Crippen LogP contribution < -0.4 is 10.1 Å². The lowest BCUT2D eigenvalue weighted by molar-refractivity contribution is -0.118.